The van der Waals surface area contributed by atoms with E-state index in [9.17, 15) is 4.79 Å². The summed E-state index contributed by atoms with van der Waals surface area (Å²) < 4.78 is 7.44. The molecule has 7 nitrogen and oxygen atoms in total. The molecule has 1 N–H and O–H groups in total. The molecule has 0 aliphatic rings. The molecule has 116 valence electrons. The van der Waals surface area contributed by atoms with E-state index in [0.29, 0.717) is 5.69 Å². The van der Waals surface area contributed by atoms with Crippen molar-refractivity contribution in [1.82, 2.24) is 20.2 Å². The van der Waals surface area contributed by atoms with Crippen molar-refractivity contribution in [3.8, 4) is 5.69 Å². The molecule has 0 radical (unpaired) electrons. The Hall–Kier alpha value is -2.74. The average Bonchev–Trinajstić information content (AvgIpc) is 3.02. The SMILES string of the molecule is O=C(Nc1nnnn1-c1cccc(Br)c1)OCc1ccccc1. The van der Waals surface area contributed by atoms with Crippen molar-refractivity contribution in [2.75, 3.05) is 5.32 Å². The standard InChI is InChI=1S/C15H12BrN5O2/c16-12-7-4-8-13(9-12)21-14(18-19-20-21)17-15(22)23-10-11-5-2-1-3-6-11/h1-9H,10H2,(H,17,18,20,22). The van der Waals surface area contributed by atoms with Crippen LogP contribution in [-0.2, 0) is 11.3 Å². The van der Waals surface area contributed by atoms with Crippen LogP contribution < -0.4 is 5.32 Å². The summed E-state index contributed by atoms with van der Waals surface area (Å²) in [6.45, 7) is 0.172. The van der Waals surface area contributed by atoms with E-state index >= 15 is 0 Å². The molecule has 0 fully saturated rings. The number of hydrogen-bond acceptors (Lipinski definition) is 5. The monoisotopic (exact) mass is 373 g/mol. The van der Waals surface area contributed by atoms with Crippen molar-refractivity contribution >= 4 is 28.0 Å². The van der Waals surface area contributed by atoms with Crippen molar-refractivity contribution in [3.05, 3.63) is 64.6 Å². The number of aromatic nitrogens is 4. The van der Waals surface area contributed by atoms with Gasteiger partial charge in [0.15, 0.2) is 0 Å². The zero-order valence-electron chi connectivity index (χ0n) is 11.9. The second kappa shape index (κ2) is 7.01. The Labute approximate surface area is 140 Å². The van der Waals surface area contributed by atoms with Gasteiger partial charge < -0.3 is 4.74 Å². The third-order valence-electron chi connectivity index (χ3n) is 2.95. The van der Waals surface area contributed by atoms with Crippen LogP contribution in [0.5, 0.6) is 0 Å². The number of nitrogens with zero attached hydrogens (tertiary/aromatic N) is 4. The highest BCUT2D eigenvalue weighted by atomic mass is 79.9. The van der Waals surface area contributed by atoms with Gasteiger partial charge in [-0.2, -0.15) is 4.68 Å². The van der Waals surface area contributed by atoms with Crippen LogP contribution in [0.15, 0.2) is 59.1 Å². The molecule has 2 aromatic carbocycles. The first kappa shape index (κ1) is 15.2. The molecule has 3 rings (SSSR count). The summed E-state index contributed by atoms with van der Waals surface area (Å²) in [4.78, 5) is 11.9. The van der Waals surface area contributed by atoms with Crippen LogP contribution >= 0.6 is 15.9 Å². The lowest BCUT2D eigenvalue weighted by atomic mass is 10.2. The molecule has 0 bridgehead atoms. The van der Waals surface area contributed by atoms with Crippen LogP contribution in [0.2, 0.25) is 0 Å². The Morgan fingerprint density at radius 3 is 2.78 bits per heavy atom. The van der Waals surface area contributed by atoms with Crippen molar-refractivity contribution < 1.29 is 9.53 Å². The minimum atomic E-state index is -0.625. The molecule has 1 amide bonds. The number of tetrazole rings is 1. The first-order valence-corrected chi connectivity index (χ1v) is 7.54. The molecular weight excluding hydrogens is 362 g/mol. The molecule has 1 aromatic heterocycles. The third kappa shape index (κ3) is 3.92. The summed E-state index contributed by atoms with van der Waals surface area (Å²) in [7, 11) is 0. The summed E-state index contributed by atoms with van der Waals surface area (Å²) in [5, 5.41) is 13.8. The average molecular weight is 374 g/mol. The van der Waals surface area contributed by atoms with Gasteiger partial charge in [-0.05, 0) is 34.2 Å². The summed E-state index contributed by atoms with van der Waals surface area (Å²) in [6, 6.07) is 16.8. The number of carbonyl (C=O) groups is 1. The van der Waals surface area contributed by atoms with Gasteiger partial charge in [0.05, 0.1) is 5.69 Å². The summed E-state index contributed by atoms with van der Waals surface area (Å²) in [6.07, 6.45) is -0.625. The van der Waals surface area contributed by atoms with E-state index < -0.39 is 6.09 Å². The van der Waals surface area contributed by atoms with Crippen LogP contribution in [0, 0.1) is 0 Å². The number of hydrogen-bond donors (Lipinski definition) is 1. The Kier molecular flexibility index (Phi) is 4.62. The molecule has 0 unspecified atom stereocenters. The van der Waals surface area contributed by atoms with Gasteiger partial charge in [0, 0.05) is 4.47 Å². The quantitative estimate of drug-likeness (QED) is 0.759. The smallest absolute Gasteiger partial charge is 0.414 e. The fourth-order valence-corrected chi connectivity index (χ4v) is 2.28. The van der Waals surface area contributed by atoms with Gasteiger partial charge in [0.25, 0.3) is 5.95 Å². The number of amides is 1. The van der Waals surface area contributed by atoms with Gasteiger partial charge in [-0.1, -0.05) is 57.4 Å². The first-order valence-electron chi connectivity index (χ1n) is 6.74. The van der Waals surface area contributed by atoms with Crippen LogP contribution in [0.25, 0.3) is 5.69 Å². The number of benzene rings is 2. The van der Waals surface area contributed by atoms with Gasteiger partial charge in [0.1, 0.15) is 6.61 Å². The minimum Gasteiger partial charge on any atom is -0.444 e. The van der Waals surface area contributed by atoms with Gasteiger partial charge >= 0.3 is 6.09 Å². The molecule has 8 heteroatoms. The van der Waals surface area contributed by atoms with E-state index in [1.807, 2.05) is 54.6 Å². The summed E-state index contributed by atoms with van der Waals surface area (Å²) in [5.74, 6) is 0.182. The van der Waals surface area contributed by atoms with Gasteiger partial charge in [-0.25, -0.2) is 4.79 Å². The second-order valence-corrected chi connectivity index (χ2v) is 5.50. The van der Waals surface area contributed by atoms with Gasteiger partial charge in [-0.15, -0.1) is 0 Å². The highest BCUT2D eigenvalue weighted by molar-refractivity contribution is 9.10. The second-order valence-electron chi connectivity index (χ2n) is 4.58. The number of anilines is 1. The minimum absolute atomic E-state index is 0.172. The Balaban J connectivity index is 1.67. The van der Waals surface area contributed by atoms with E-state index in [-0.39, 0.29) is 12.6 Å². The highest BCUT2D eigenvalue weighted by Crippen LogP contribution is 2.17. The number of ether oxygens (including phenoxy) is 1. The molecule has 3 aromatic rings. The van der Waals surface area contributed by atoms with Crippen molar-refractivity contribution in [1.29, 1.82) is 0 Å². The summed E-state index contributed by atoms with van der Waals surface area (Å²) >= 11 is 3.38. The van der Waals surface area contributed by atoms with E-state index in [2.05, 4.69) is 36.8 Å². The number of carbonyl (C=O) groups excluding carboxylic acids is 1. The zero-order chi connectivity index (χ0) is 16.1. The fraction of sp³-hybridized carbons (Fsp3) is 0.0667. The Morgan fingerprint density at radius 1 is 1.17 bits per heavy atom. The van der Waals surface area contributed by atoms with Gasteiger partial charge in [0.2, 0.25) is 0 Å². The lowest BCUT2D eigenvalue weighted by Gasteiger charge is -2.07. The number of rotatable bonds is 4. The molecule has 0 aliphatic heterocycles. The molecule has 23 heavy (non-hydrogen) atoms. The molecule has 0 saturated carbocycles. The van der Waals surface area contributed by atoms with Crippen LogP contribution in [0.3, 0.4) is 0 Å². The molecule has 0 saturated heterocycles. The van der Waals surface area contributed by atoms with Crippen LogP contribution in [-0.4, -0.2) is 26.3 Å². The Morgan fingerprint density at radius 2 is 2.00 bits per heavy atom. The maximum absolute atomic E-state index is 11.9. The van der Waals surface area contributed by atoms with E-state index in [1.165, 1.54) is 4.68 Å². The topological polar surface area (TPSA) is 81.9 Å². The lowest BCUT2D eigenvalue weighted by molar-refractivity contribution is 0.155. The largest absolute Gasteiger partial charge is 0.444 e. The summed E-state index contributed by atoms with van der Waals surface area (Å²) in [5.41, 5.74) is 1.61. The molecule has 0 atom stereocenters. The lowest BCUT2D eigenvalue weighted by Crippen LogP contribution is -2.17. The normalized spacial score (nSPS) is 10.3. The van der Waals surface area contributed by atoms with Gasteiger partial charge in [-0.3, -0.25) is 5.32 Å². The molecule has 0 spiro atoms. The van der Waals surface area contributed by atoms with Crippen molar-refractivity contribution in [2.45, 2.75) is 6.61 Å². The van der Waals surface area contributed by atoms with E-state index in [1.54, 1.807) is 0 Å². The predicted molar refractivity (Wildman–Crippen MR) is 87.1 cm³/mol. The maximum atomic E-state index is 11.9. The van der Waals surface area contributed by atoms with E-state index in [4.69, 9.17) is 4.74 Å². The molecule has 0 aliphatic carbocycles. The maximum Gasteiger partial charge on any atom is 0.414 e. The zero-order valence-corrected chi connectivity index (χ0v) is 13.5. The van der Waals surface area contributed by atoms with E-state index in [0.717, 1.165) is 10.0 Å². The number of halogens is 1. The third-order valence-corrected chi connectivity index (χ3v) is 3.44. The fourth-order valence-electron chi connectivity index (χ4n) is 1.90. The van der Waals surface area contributed by atoms with Crippen molar-refractivity contribution in [3.63, 3.8) is 0 Å². The van der Waals surface area contributed by atoms with Crippen LogP contribution in [0.1, 0.15) is 5.56 Å². The molecule has 1 heterocycles. The Bertz CT molecular complexity index is 806. The number of nitrogens with one attached hydrogen (secondary N) is 1. The first-order chi connectivity index (χ1) is 11.2. The predicted octanol–water partition coefficient (Wildman–Crippen LogP) is 3.17. The van der Waals surface area contributed by atoms with Crippen molar-refractivity contribution in [2.24, 2.45) is 0 Å². The highest BCUT2D eigenvalue weighted by Gasteiger charge is 2.12. The van der Waals surface area contributed by atoms with Crippen LogP contribution in [0.4, 0.5) is 10.7 Å². The molecular formula is C15H12BrN5O2.